The molecule has 0 amide bonds. The summed E-state index contributed by atoms with van der Waals surface area (Å²) in [5, 5.41) is 5.38. The lowest BCUT2D eigenvalue weighted by molar-refractivity contribution is 0.808. The minimum atomic E-state index is 0.413. The van der Waals surface area contributed by atoms with Gasteiger partial charge in [0.2, 0.25) is 0 Å². The number of hydrogen-bond donors (Lipinski definition) is 0. The highest BCUT2D eigenvalue weighted by Crippen LogP contribution is 2.21. The van der Waals surface area contributed by atoms with Gasteiger partial charge >= 0.3 is 0 Å². The Labute approximate surface area is 125 Å². The van der Waals surface area contributed by atoms with Gasteiger partial charge in [-0.2, -0.15) is 5.10 Å². The molecule has 0 spiro atoms. The van der Waals surface area contributed by atoms with Gasteiger partial charge in [0.05, 0.1) is 6.20 Å². The highest BCUT2D eigenvalue weighted by Gasteiger charge is 2.07. The van der Waals surface area contributed by atoms with Gasteiger partial charge in [-0.1, -0.05) is 53.7 Å². The number of rotatable bonds is 3. The fourth-order valence-corrected chi connectivity index (χ4v) is 2.42. The van der Waals surface area contributed by atoms with Crippen molar-refractivity contribution < 1.29 is 0 Å². The molecule has 0 aliphatic rings. The van der Waals surface area contributed by atoms with Crippen LogP contribution in [0.25, 0.3) is 16.9 Å². The van der Waals surface area contributed by atoms with E-state index in [1.54, 1.807) is 10.7 Å². The van der Waals surface area contributed by atoms with E-state index < -0.39 is 0 Å². The molecule has 0 radical (unpaired) electrons. The van der Waals surface area contributed by atoms with Crippen LogP contribution in [-0.2, 0) is 0 Å². The van der Waals surface area contributed by atoms with E-state index in [0.29, 0.717) is 16.1 Å². The Morgan fingerprint density at radius 2 is 1.90 bits per heavy atom. The second-order valence-corrected chi connectivity index (χ2v) is 5.24. The summed E-state index contributed by atoms with van der Waals surface area (Å²) in [5.74, 6) is 0.663. The molecule has 100 valence electrons. The molecule has 0 aliphatic carbocycles. The van der Waals surface area contributed by atoms with E-state index in [2.05, 4.69) is 15.1 Å². The Morgan fingerprint density at radius 3 is 2.65 bits per heavy atom. The monoisotopic (exact) mass is 302 g/mol. The third-order valence-corrected chi connectivity index (χ3v) is 3.51. The molecule has 0 atom stereocenters. The average molecular weight is 303 g/mol. The van der Waals surface area contributed by atoms with Crippen LogP contribution < -0.4 is 0 Å². The molecule has 6 heteroatoms. The molecule has 0 N–H and O–H groups in total. The summed E-state index contributed by atoms with van der Waals surface area (Å²) in [6.07, 6.45) is 5.65. The van der Waals surface area contributed by atoms with Crippen LogP contribution in [0.2, 0.25) is 5.15 Å². The molecule has 3 rings (SSSR count). The number of hydrogen-bond acceptors (Lipinski definition) is 4. The van der Waals surface area contributed by atoms with Crippen LogP contribution in [0.4, 0.5) is 0 Å². The van der Waals surface area contributed by atoms with Crippen molar-refractivity contribution in [3.8, 4) is 16.9 Å². The maximum Gasteiger partial charge on any atom is 0.190 e. The van der Waals surface area contributed by atoms with Crippen molar-refractivity contribution in [2.45, 2.75) is 5.16 Å². The normalized spacial score (nSPS) is 10.7. The molecule has 2 heterocycles. The summed E-state index contributed by atoms with van der Waals surface area (Å²) < 4.78 is 1.70. The van der Waals surface area contributed by atoms with Crippen LogP contribution in [-0.4, -0.2) is 26.0 Å². The molecule has 1 aromatic carbocycles. The highest BCUT2D eigenvalue weighted by atomic mass is 35.5. The van der Waals surface area contributed by atoms with Gasteiger partial charge in [0, 0.05) is 17.8 Å². The fourth-order valence-electron chi connectivity index (χ4n) is 1.82. The third-order valence-electron chi connectivity index (χ3n) is 2.77. The Balaban J connectivity index is 2.00. The largest absolute Gasteiger partial charge is 0.222 e. The van der Waals surface area contributed by atoms with Gasteiger partial charge < -0.3 is 0 Å². The fraction of sp³-hybridized carbons (Fsp3) is 0.0714. The van der Waals surface area contributed by atoms with Gasteiger partial charge in [-0.15, -0.1) is 0 Å². The van der Waals surface area contributed by atoms with Crippen LogP contribution in [0.3, 0.4) is 0 Å². The lowest BCUT2D eigenvalue weighted by Crippen LogP contribution is -2.00. The predicted molar refractivity (Wildman–Crippen MR) is 81.4 cm³/mol. The number of benzene rings is 1. The van der Waals surface area contributed by atoms with Crippen molar-refractivity contribution >= 4 is 23.4 Å². The van der Waals surface area contributed by atoms with E-state index in [9.17, 15) is 0 Å². The van der Waals surface area contributed by atoms with E-state index >= 15 is 0 Å². The van der Waals surface area contributed by atoms with Crippen LogP contribution >= 0.6 is 23.4 Å². The molecule has 4 nitrogen and oxygen atoms in total. The van der Waals surface area contributed by atoms with Crippen LogP contribution in [0, 0.1) is 0 Å². The van der Waals surface area contributed by atoms with Crippen LogP contribution in [0.15, 0.2) is 53.9 Å². The topological polar surface area (TPSA) is 43.6 Å². The first-order valence-corrected chi connectivity index (χ1v) is 7.55. The van der Waals surface area contributed by atoms with Gasteiger partial charge in [-0.25, -0.2) is 14.6 Å². The van der Waals surface area contributed by atoms with Gasteiger partial charge in [-0.3, -0.25) is 0 Å². The number of aromatic nitrogens is 4. The van der Waals surface area contributed by atoms with Crippen molar-refractivity contribution in [1.29, 1.82) is 0 Å². The SMILES string of the molecule is CSc1nc(Cl)cc(-n2cc(-c3ccccc3)cn2)n1. The van der Waals surface area contributed by atoms with Crippen molar-refractivity contribution in [2.75, 3.05) is 6.26 Å². The van der Waals surface area contributed by atoms with Gasteiger partial charge in [0.1, 0.15) is 5.15 Å². The highest BCUT2D eigenvalue weighted by molar-refractivity contribution is 7.98. The lowest BCUT2D eigenvalue weighted by atomic mass is 10.1. The van der Waals surface area contributed by atoms with Gasteiger partial charge in [0.15, 0.2) is 11.0 Å². The summed E-state index contributed by atoms with van der Waals surface area (Å²) in [6.45, 7) is 0. The predicted octanol–water partition coefficient (Wildman–Crippen LogP) is 3.70. The molecule has 0 saturated carbocycles. The van der Waals surface area contributed by atoms with E-state index in [4.69, 9.17) is 11.6 Å². The molecule has 0 aliphatic heterocycles. The zero-order valence-electron chi connectivity index (χ0n) is 10.7. The van der Waals surface area contributed by atoms with E-state index in [1.165, 1.54) is 11.8 Å². The van der Waals surface area contributed by atoms with Crippen molar-refractivity contribution in [2.24, 2.45) is 0 Å². The molecule has 2 aromatic heterocycles. The minimum Gasteiger partial charge on any atom is -0.222 e. The van der Waals surface area contributed by atoms with E-state index in [-0.39, 0.29) is 0 Å². The third kappa shape index (κ3) is 2.69. The van der Waals surface area contributed by atoms with E-state index in [0.717, 1.165) is 11.1 Å². The van der Waals surface area contributed by atoms with Crippen molar-refractivity contribution in [1.82, 2.24) is 19.7 Å². The summed E-state index contributed by atoms with van der Waals surface area (Å²) >= 11 is 7.44. The smallest absolute Gasteiger partial charge is 0.190 e. The Morgan fingerprint density at radius 1 is 1.10 bits per heavy atom. The minimum absolute atomic E-state index is 0.413. The molecular formula is C14H11ClN4S. The summed E-state index contributed by atoms with van der Waals surface area (Å²) in [5.41, 5.74) is 2.15. The van der Waals surface area contributed by atoms with Crippen molar-refractivity contribution in [3.63, 3.8) is 0 Å². The average Bonchev–Trinajstić information content (AvgIpc) is 2.97. The Bertz CT molecular complexity index is 727. The standard InChI is InChI=1S/C14H11ClN4S/c1-20-14-17-12(15)7-13(18-14)19-9-11(8-16-19)10-5-3-2-4-6-10/h2-9H,1H3. The first kappa shape index (κ1) is 13.1. The molecule has 0 bridgehead atoms. The quantitative estimate of drug-likeness (QED) is 0.420. The summed E-state index contributed by atoms with van der Waals surface area (Å²) in [4.78, 5) is 8.52. The molecule has 20 heavy (non-hydrogen) atoms. The molecule has 3 aromatic rings. The van der Waals surface area contributed by atoms with E-state index in [1.807, 2.05) is 49.0 Å². The second kappa shape index (κ2) is 5.64. The molecular weight excluding hydrogens is 292 g/mol. The Hall–Kier alpha value is -1.85. The maximum absolute atomic E-state index is 6.00. The van der Waals surface area contributed by atoms with Gasteiger partial charge in [0.25, 0.3) is 0 Å². The Kier molecular flexibility index (Phi) is 3.71. The van der Waals surface area contributed by atoms with Gasteiger partial charge in [-0.05, 0) is 11.8 Å². The maximum atomic E-state index is 6.00. The zero-order valence-corrected chi connectivity index (χ0v) is 12.3. The number of halogens is 1. The lowest BCUT2D eigenvalue weighted by Gasteiger charge is -2.02. The van der Waals surface area contributed by atoms with Crippen molar-refractivity contribution in [3.05, 3.63) is 53.9 Å². The molecule has 0 unspecified atom stereocenters. The first-order chi connectivity index (χ1) is 9.76. The molecule has 0 saturated heterocycles. The number of nitrogens with zero attached hydrogens (tertiary/aromatic N) is 4. The first-order valence-electron chi connectivity index (χ1n) is 5.95. The number of thioether (sulfide) groups is 1. The molecule has 0 fully saturated rings. The van der Waals surface area contributed by atoms with Crippen LogP contribution in [0.5, 0.6) is 0 Å². The zero-order chi connectivity index (χ0) is 13.9. The summed E-state index contributed by atoms with van der Waals surface area (Å²) in [6, 6.07) is 11.8. The second-order valence-electron chi connectivity index (χ2n) is 4.08. The van der Waals surface area contributed by atoms with Crippen LogP contribution in [0.1, 0.15) is 0 Å². The summed E-state index contributed by atoms with van der Waals surface area (Å²) in [7, 11) is 0.